The lowest BCUT2D eigenvalue weighted by Crippen LogP contribution is -2.44. The molecule has 26 heavy (non-hydrogen) atoms. The Morgan fingerprint density at radius 2 is 1.92 bits per heavy atom. The topological polar surface area (TPSA) is 53.2 Å². The lowest BCUT2D eigenvalue weighted by Gasteiger charge is -2.12. The summed E-state index contributed by atoms with van der Waals surface area (Å²) in [5, 5.41) is 3.65. The van der Waals surface area contributed by atoms with E-state index >= 15 is 0 Å². The second kappa shape index (κ2) is 10.4. The number of rotatable bonds is 6. The van der Waals surface area contributed by atoms with Gasteiger partial charge in [-0.05, 0) is 54.0 Å². The van der Waals surface area contributed by atoms with Crippen LogP contribution in [0, 0.1) is 5.82 Å². The lowest BCUT2D eigenvalue weighted by molar-refractivity contribution is -0.119. The molecule has 0 unspecified atom stereocenters. The zero-order valence-electron chi connectivity index (χ0n) is 14.1. The van der Waals surface area contributed by atoms with E-state index in [1.807, 2.05) is 24.3 Å². The number of carbonyl (C=O) groups excluding carboxylic acids is 1. The smallest absolute Gasteiger partial charge is 0.248 e. The standard InChI is InChI=1S/C18H19ClFN3OS2/c1-2-12-3-7-15(8-4-12)21-18(25)23-22-17(24)11-26-10-13-5-6-14(20)9-16(13)19/h3-9H,2,10-11H2,1H3,(H,22,24)(H2,21,23,25). The van der Waals surface area contributed by atoms with Crippen LogP contribution in [0.1, 0.15) is 18.1 Å². The van der Waals surface area contributed by atoms with E-state index in [9.17, 15) is 9.18 Å². The highest BCUT2D eigenvalue weighted by Crippen LogP contribution is 2.22. The average Bonchev–Trinajstić information content (AvgIpc) is 2.62. The maximum absolute atomic E-state index is 13.0. The van der Waals surface area contributed by atoms with Crippen molar-refractivity contribution in [3.05, 3.63) is 64.4 Å². The SMILES string of the molecule is CCc1ccc(NC(=S)NNC(=O)CSCc2ccc(F)cc2Cl)cc1. The van der Waals surface area contributed by atoms with Crippen LogP contribution < -0.4 is 16.2 Å². The summed E-state index contributed by atoms with van der Waals surface area (Å²) >= 11 is 12.5. The van der Waals surface area contributed by atoms with E-state index < -0.39 is 0 Å². The number of benzene rings is 2. The number of thioether (sulfide) groups is 1. The molecule has 2 aromatic rings. The summed E-state index contributed by atoms with van der Waals surface area (Å²) in [5.41, 5.74) is 8.05. The molecule has 2 aromatic carbocycles. The first-order valence-corrected chi connectivity index (χ1v) is 9.88. The van der Waals surface area contributed by atoms with Gasteiger partial charge in [-0.2, -0.15) is 0 Å². The molecule has 0 saturated heterocycles. The van der Waals surface area contributed by atoms with Crippen LogP contribution in [-0.4, -0.2) is 16.8 Å². The van der Waals surface area contributed by atoms with Gasteiger partial charge in [-0.3, -0.25) is 15.6 Å². The molecule has 0 bridgehead atoms. The Hall–Kier alpha value is -1.83. The number of carbonyl (C=O) groups is 1. The lowest BCUT2D eigenvalue weighted by atomic mass is 10.1. The maximum Gasteiger partial charge on any atom is 0.248 e. The normalized spacial score (nSPS) is 10.3. The molecule has 0 aliphatic heterocycles. The van der Waals surface area contributed by atoms with Crippen molar-refractivity contribution < 1.29 is 9.18 Å². The van der Waals surface area contributed by atoms with Crippen LogP contribution in [0.15, 0.2) is 42.5 Å². The van der Waals surface area contributed by atoms with Crippen molar-refractivity contribution in [2.45, 2.75) is 19.1 Å². The predicted octanol–water partition coefficient (Wildman–Crippen LogP) is 4.29. The number of nitrogens with one attached hydrogen (secondary N) is 3. The zero-order chi connectivity index (χ0) is 18.9. The summed E-state index contributed by atoms with van der Waals surface area (Å²) in [4.78, 5) is 11.8. The number of aryl methyl sites for hydroxylation is 1. The molecule has 0 fully saturated rings. The highest BCUT2D eigenvalue weighted by Gasteiger charge is 2.06. The summed E-state index contributed by atoms with van der Waals surface area (Å²) in [5.74, 6) is 0.128. The Morgan fingerprint density at radius 3 is 2.58 bits per heavy atom. The van der Waals surface area contributed by atoms with Gasteiger partial charge >= 0.3 is 0 Å². The molecular weight excluding hydrogens is 393 g/mol. The Kier molecular flexibility index (Phi) is 8.15. The molecule has 2 rings (SSSR count). The maximum atomic E-state index is 13.0. The predicted molar refractivity (Wildman–Crippen MR) is 111 cm³/mol. The molecular formula is C18H19ClFN3OS2. The zero-order valence-corrected chi connectivity index (χ0v) is 16.5. The van der Waals surface area contributed by atoms with Crippen LogP contribution in [0.25, 0.3) is 0 Å². The Morgan fingerprint density at radius 1 is 1.19 bits per heavy atom. The molecule has 0 aliphatic rings. The third-order valence-corrected chi connectivity index (χ3v) is 4.98. The number of amides is 1. The van der Waals surface area contributed by atoms with Crippen molar-refractivity contribution in [1.29, 1.82) is 0 Å². The molecule has 0 spiro atoms. The summed E-state index contributed by atoms with van der Waals surface area (Å²) in [6.07, 6.45) is 0.972. The van der Waals surface area contributed by atoms with Gasteiger partial charge in [-0.25, -0.2) is 4.39 Å². The van der Waals surface area contributed by atoms with Gasteiger partial charge in [0.05, 0.1) is 5.75 Å². The second-order valence-electron chi connectivity index (χ2n) is 5.41. The molecule has 8 heteroatoms. The summed E-state index contributed by atoms with van der Waals surface area (Å²) < 4.78 is 13.0. The molecule has 0 aliphatic carbocycles. The fraction of sp³-hybridized carbons (Fsp3) is 0.222. The quantitative estimate of drug-likeness (QED) is 0.489. The van der Waals surface area contributed by atoms with Gasteiger partial charge in [0.25, 0.3) is 0 Å². The van der Waals surface area contributed by atoms with E-state index in [1.54, 1.807) is 6.07 Å². The summed E-state index contributed by atoms with van der Waals surface area (Å²) in [6.45, 7) is 2.09. The van der Waals surface area contributed by atoms with Crippen LogP contribution >= 0.6 is 35.6 Å². The summed E-state index contributed by atoms with van der Waals surface area (Å²) in [7, 11) is 0. The third kappa shape index (κ3) is 6.82. The number of halogens is 2. The molecule has 3 N–H and O–H groups in total. The number of thiocarbonyl (C=S) groups is 1. The highest BCUT2D eigenvalue weighted by atomic mass is 35.5. The van der Waals surface area contributed by atoms with E-state index in [-0.39, 0.29) is 17.5 Å². The van der Waals surface area contributed by atoms with Crippen molar-refractivity contribution in [2.75, 3.05) is 11.1 Å². The molecule has 0 atom stereocenters. The van der Waals surface area contributed by atoms with Crippen molar-refractivity contribution >= 4 is 52.3 Å². The number of anilines is 1. The molecule has 0 radical (unpaired) electrons. The monoisotopic (exact) mass is 411 g/mol. The summed E-state index contributed by atoms with van der Waals surface area (Å²) in [6, 6.07) is 12.1. The molecule has 0 heterocycles. The number of hydrogen-bond acceptors (Lipinski definition) is 3. The first-order chi connectivity index (χ1) is 12.5. The molecule has 0 saturated carbocycles. The van der Waals surface area contributed by atoms with Gasteiger partial charge in [0.1, 0.15) is 5.82 Å². The third-order valence-electron chi connectivity index (χ3n) is 3.44. The van der Waals surface area contributed by atoms with Gasteiger partial charge in [0.2, 0.25) is 5.91 Å². The molecule has 0 aromatic heterocycles. The van der Waals surface area contributed by atoms with Crippen molar-refractivity contribution in [3.63, 3.8) is 0 Å². The van der Waals surface area contributed by atoms with Gasteiger partial charge in [0, 0.05) is 16.5 Å². The largest absolute Gasteiger partial charge is 0.331 e. The minimum absolute atomic E-state index is 0.217. The van der Waals surface area contributed by atoms with Crippen molar-refractivity contribution in [2.24, 2.45) is 0 Å². The van der Waals surface area contributed by atoms with Crippen LogP contribution in [0.5, 0.6) is 0 Å². The number of hydrogen-bond donors (Lipinski definition) is 3. The minimum atomic E-state index is -0.379. The minimum Gasteiger partial charge on any atom is -0.331 e. The van der Waals surface area contributed by atoms with Gasteiger partial charge < -0.3 is 5.32 Å². The molecule has 138 valence electrons. The van der Waals surface area contributed by atoms with Gasteiger partial charge in [-0.1, -0.05) is 36.7 Å². The van der Waals surface area contributed by atoms with E-state index in [0.717, 1.165) is 17.7 Å². The van der Waals surface area contributed by atoms with Gasteiger partial charge in [-0.15, -0.1) is 11.8 Å². The average molecular weight is 412 g/mol. The Balaban J connectivity index is 1.68. The van der Waals surface area contributed by atoms with E-state index in [2.05, 4.69) is 23.1 Å². The van der Waals surface area contributed by atoms with Crippen LogP contribution in [0.3, 0.4) is 0 Å². The molecule has 4 nitrogen and oxygen atoms in total. The highest BCUT2D eigenvalue weighted by molar-refractivity contribution is 7.99. The number of hydrazine groups is 1. The van der Waals surface area contributed by atoms with Crippen LogP contribution in [0.2, 0.25) is 5.02 Å². The van der Waals surface area contributed by atoms with Crippen LogP contribution in [-0.2, 0) is 17.0 Å². The van der Waals surface area contributed by atoms with Gasteiger partial charge in [0.15, 0.2) is 5.11 Å². The first-order valence-electron chi connectivity index (χ1n) is 7.94. The van der Waals surface area contributed by atoms with E-state index in [4.69, 9.17) is 23.8 Å². The van der Waals surface area contributed by atoms with Crippen molar-refractivity contribution in [3.8, 4) is 0 Å². The van der Waals surface area contributed by atoms with E-state index in [0.29, 0.717) is 15.9 Å². The molecule has 1 amide bonds. The van der Waals surface area contributed by atoms with Crippen LogP contribution in [0.4, 0.5) is 10.1 Å². The fourth-order valence-corrected chi connectivity index (χ4v) is 3.35. The van der Waals surface area contributed by atoms with E-state index in [1.165, 1.54) is 29.5 Å². The van der Waals surface area contributed by atoms with Crippen molar-refractivity contribution in [1.82, 2.24) is 10.9 Å². The fourth-order valence-electron chi connectivity index (χ4n) is 2.04. The second-order valence-corrected chi connectivity index (χ2v) is 7.21. The first kappa shape index (κ1) is 20.5. The Bertz CT molecular complexity index is 772. The Labute approximate surface area is 166 Å².